The molecule has 0 aliphatic heterocycles. The van der Waals surface area contributed by atoms with Crippen LogP contribution in [0.1, 0.15) is 5.69 Å². The highest BCUT2D eigenvalue weighted by Gasteiger charge is 2.21. The molecule has 0 N–H and O–H groups in total. The average molecular weight is 359 g/mol. The van der Waals surface area contributed by atoms with E-state index in [4.69, 9.17) is 13.7 Å². The zero-order valence-corrected chi connectivity index (χ0v) is 14.8. The Labute approximate surface area is 146 Å². The summed E-state index contributed by atoms with van der Waals surface area (Å²) in [7, 11) is -1.13. The molecule has 7 heteroatoms. The molecular formula is C18H17NO5S. The molecule has 2 aromatic carbocycles. The van der Waals surface area contributed by atoms with Crippen LogP contribution in [0.25, 0.3) is 10.9 Å². The van der Waals surface area contributed by atoms with Gasteiger partial charge in [0.1, 0.15) is 10.4 Å². The number of rotatable bonds is 5. The predicted octanol–water partition coefficient (Wildman–Crippen LogP) is 3.33. The van der Waals surface area contributed by atoms with Gasteiger partial charge in [-0.05, 0) is 31.2 Å². The van der Waals surface area contributed by atoms with Crippen LogP contribution in [0, 0.1) is 6.92 Å². The third kappa shape index (κ3) is 3.36. The number of ether oxygens (including phenoxy) is 2. The lowest BCUT2D eigenvalue weighted by Crippen LogP contribution is -2.10. The van der Waals surface area contributed by atoms with Crippen molar-refractivity contribution in [2.75, 3.05) is 14.2 Å². The predicted molar refractivity (Wildman–Crippen MR) is 93.8 cm³/mol. The molecular weight excluding hydrogens is 342 g/mol. The van der Waals surface area contributed by atoms with Crippen molar-refractivity contribution in [1.82, 2.24) is 4.98 Å². The van der Waals surface area contributed by atoms with Gasteiger partial charge in [0.15, 0.2) is 17.2 Å². The fraction of sp³-hybridized carbons (Fsp3) is 0.167. The number of para-hydroxylation sites is 1. The van der Waals surface area contributed by atoms with E-state index >= 15 is 0 Å². The Bertz CT molecular complexity index is 1030. The Morgan fingerprint density at radius 1 is 0.880 bits per heavy atom. The summed E-state index contributed by atoms with van der Waals surface area (Å²) in [4.78, 5) is 4.35. The van der Waals surface area contributed by atoms with Crippen molar-refractivity contribution < 1.29 is 22.1 Å². The first kappa shape index (κ1) is 17.0. The van der Waals surface area contributed by atoms with Crippen molar-refractivity contribution in [2.24, 2.45) is 0 Å². The number of benzene rings is 2. The molecule has 0 aliphatic rings. The Morgan fingerprint density at radius 3 is 2.36 bits per heavy atom. The normalized spacial score (nSPS) is 11.3. The van der Waals surface area contributed by atoms with Gasteiger partial charge in [0.25, 0.3) is 0 Å². The standard InChI is InChI=1S/C18H17NO5S/c1-12-7-8-13-5-4-6-16(18(13)19-12)24-25(20,21)14-9-10-15(22-2)17(11-14)23-3/h4-11H,1-3H3. The second-order valence-electron chi connectivity index (χ2n) is 5.33. The minimum absolute atomic E-state index is 0.0326. The summed E-state index contributed by atoms with van der Waals surface area (Å²) in [6.45, 7) is 1.83. The van der Waals surface area contributed by atoms with Crippen LogP contribution in [0.3, 0.4) is 0 Å². The molecule has 130 valence electrons. The Balaban J connectivity index is 2.04. The molecule has 0 atom stereocenters. The molecule has 0 unspecified atom stereocenters. The summed E-state index contributed by atoms with van der Waals surface area (Å²) in [5, 5.41) is 0.797. The van der Waals surface area contributed by atoms with Crippen LogP contribution >= 0.6 is 0 Å². The summed E-state index contributed by atoms with van der Waals surface area (Å²) in [6.07, 6.45) is 0. The zero-order valence-electron chi connectivity index (χ0n) is 14.0. The van der Waals surface area contributed by atoms with Crippen molar-refractivity contribution >= 4 is 21.0 Å². The molecule has 0 fully saturated rings. The first-order valence-corrected chi connectivity index (χ1v) is 8.88. The first-order valence-electron chi connectivity index (χ1n) is 7.47. The van der Waals surface area contributed by atoms with E-state index in [1.54, 1.807) is 12.1 Å². The van der Waals surface area contributed by atoms with Gasteiger partial charge in [0.2, 0.25) is 0 Å². The third-order valence-electron chi connectivity index (χ3n) is 3.67. The van der Waals surface area contributed by atoms with Crippen LogP contribution < -0.4 is 13.7 Å². The summed E-state index contributed by atoms with van der Waals surface area (Å²) in [6, 6.07) is 13.1. The van der Waals surface area contributed by atoms with Crippen molar-refractivity contribution in [1.29, 1.82) is 0 Å². The maximum atomic E-state index is 12.7. The van der Waals surface area contributed by atoms with Crippen LogP contribution in [0.5, 0.6) is 17.2 Å². The van der Waals surface area contributed by atoms with Gasteiger partial charge in [-0.2, -0.15) is 8.42 Å². The lowest BCUT2D eigenvalue weighted by atomic mass is 10.2. The molecule has 1 aromatic heterocycles. The average Bonchev–Trinajstić information content (AvgIpc) is 2.61. The Kier molecular flexibility index (Phi) is 4.50. The van der Waals surface area contributed by atoms with Crippen LogP contribution in [0.4, 0.5) is 0 Å². The molecule has 0 bridgehead atoms. The van der Waals surface area contributed by atoms with E-state index in [9.17, 15) is 8.42 Å². The number of aryl methyl sites for hydroxylation is 1. The summed E-state index contributed by atoms with van der Waals surface area (Å²) in [5.74, 6) is 0.916. The monoisotopic (exact) mass is 359 g/mol. The lowest BCUT2D eigenvalue weighted by Gasteiger charge is -2.12. The van der Waals surface area contributed by atoms with E-state index in [0.717, 1.165) is 11.1 Å². The van der Waals surface area contributed by atoms with Crippen molar-refractivity contribution in [3.8, 4) is 17.2 Å². The van der Waals surface area contributed by atoms with Gasteiger partial charge in [0.05, 0.1) is 14.2 Å². The van der Waals surface area contributed by atoms with Crippen LogP contribution in [0.15, 0.2) is 53.4 Å². The minimum atomic E-state index is -4.05. The van der Waals surface area contributed by atoms with Crippen LogP contribution in [-0.2, 0) is 10.1 Å². The maximum Gasteiger partial charge on any atom is 0.339 e. The van der Waals surface area contributed by atoms with Crippen molar-refractivity contribution in [2.45, 2.75) is 11.8 Å². The summed E-state index contributed by atoms with van der Waals surface area (Å²) in [5.41, 5.74) is 1.26. The molecule has 3 rings (SSSR count). The number of pyridine rings is 1. The fourth-order valence-electron chi connectivity index (χ4n) is 2.42. The Morgan fingerprint density at radius 2 is 1.64 bits per heavy atom. The second-order valence-corrected chi connectivity index (χ2v) is 6.88. The second kappa shape index (κ2) is 6.60. The van der Waals surface area contributed by atoms with E-state index in [0.29, 0.717) is 17.0 Å². The third-order valence-corrected chi connectivity index (χ3v) is 4.90. The van der Waals surface area contributed by atoms with Gasteiger partial charge in [0, 0.05) is 17.1 Å². The number of fused-ring (bicyclic) bond motifs is 1. The van der Waals surface area contributed by atoms with E-state index in [-0.39, 0.29) is 10.6 Å². The molecule has 0 saturated carbocycles. The lowest BCUT2D eigenvalue weighted by molar-refractivity contribution is 0.353. The maximum absolute atomic E-state index is 12.7. The molecule has 0 amide bonds. The van der Waals surface area contributed by atoms with Gasteiger partial charge in [-0.1, -0.05) is 18.2 Å². The molecule has 25 heavy (non-hydrogen) atoms. The van der Waals surface area contributed by atoms with Crippen molar-refractivity contribution in [3.05, 3.63) is 54.2 Å². The zero-order chi connectivity index (χ0) is 18.0. The molecule has 0 radical (unpaired) electrons. The summed E-state index contributed by atoms with van der Waals surface area (Å²) < 4.78 is 40.9. The van der Waals surface area contributed by atoms with Gasteiger partial charge in [-0.3, -0.25) is 0 Å². The number of aromatic nitrogens is 1. The quantitative estimate of drug-likeness (QED) is 0.651. The largest absolute Gasteiger partial charge is 0.493 e. The minimum Gasteiger partial charge on any atom is -0.493 e. The van der Waals surface area contributed by atoms with E-state index in [2.05, 4.69) is 4.98 Å². The number of hydrogen-bond donors (Lipinski definition) is 0. The molecule has 0 saturated heterocycles. The molecule has 3 aromatic rings. The summed E-state index contributed by atoms with van der Waals surface area (Å²) >= 11 is 0. The van der Waals surface area contributed by atoms with E-state index < -0.39 is 10.1 Å². The molecule has 0 aliphatic carbocycles. The highest BCUT2D eigenvalue weighted by molar-refractivity contribution is 7.87. The smallest absolute Gasteiger partial charge is 0.339 e. The molecule has 0 spiro atoms. The van der Waals surface area contributed by atoms with Gasteiger partial charge >= 0.3 is 10.1 Å². The van der Waals surface area contributed by atoms with Crippen LogP contribution in [0.2, 0.25) is 0 Å². The Hall–Kier alpha value is -2.80. The first-order chi connectivity index (χ1) is 11.9. The topological polar surface area (TPSA) is 74.7 Å². The molecule has 1 heterocycles. The van der Waals surface area contributed by atoms with Gasteiger partial charge in [-0.25, -0.2) is 4.98 Å². The van der Waals surface area contributed by atoms with Gasteiger partial charge in [-0.15, -0.1) is 0 Å². The van der Waals surface area contributed by atoms with E-state index in [1.165, 1.54) is 32.4 Å². The SMILES string of the molecule is COc1ccc(S(=O)(=O)Oc2cccc3ccc(C)nc23)cc1OC. The highest BCUT2D eigenvalue weighted by atomic mass is 32.2. The van der Waals surface area contributed by atoms with Gasteiger partial charge < -0.3 is 13.7 Å². The van der Waals surface area contributed by atoms with Crippen molar-refractivity contribution in [3.63, 3.8) is 0 Å². The molecule has 6 nitrogen and oxygen atoms in total. The number of hydrogen-bond acceptors (Lipinski definition) is 6. The fourth-order valence-corrected chi connectivity index (χ4v) is 3.38. The van der Waals surface area contributed by atoms with E-state index in [1.807, 2.05) is 25.1 Å². The highest BCUT2D eigenvalue weighted by Crippen LogP contribution is 2.32. The van der Waals surface area contributed by atoms with Crippen LogP contribution in [-0.4, -0.2) is 27.6 Å². The number of nitrogens with zero attached hydrogens (tertiary/aromatic N) is 1. The number of methoxy groups -OCH3 is 2.